The Morgan fingerprint density at radius 1 is 1.07 bits per heavy atom. The molecule has 6 heteroatoms. The van der Waals surface area contributed by atoms with Crippen molar-refractivity contribution in [2.45, 2.75) is 13.3 Å². The zero-order chi connectivity index (χ0) is 19.1. The van der Waals surface area contributed by atoms with Gasteiger partial charge >= 0.3 is 6.03 Å². The number of rotatable bonds is 6. The third-order valence-electron chi connectivity index (χ3n) is 4.74. The first-order chi connectivity index (χ1) is 13.2. The van der Waals surface area contributed by atoms with E-state index in [1.165, 1.54) is 6.07 Å². The fourth-order valence-corrected chi connectivity index (χ4v) is 3.20. The normalized spacial score (nSPS) is 14.8. The summed E-state index contributed by atoms with van der Waals surface area (Å²) >= 11 is 0. The van der Waals surface area contributed by atoms with Crippen molar-refractivity contribution in [3.05, 3.63) is 59.9 Å². The van der Waals surface area contributed by atoms with Crippen LogP contribution in [0.3, 0.4) is 0 Å². The molecular formula is C21H26FN3O2. The molecule has 1 saturated heterocycles. The minimum atomic E-state index is -0.150. The molecule has 0 saturated carbocycles. The van der Waals surface area contributed by atoms with Crippen LogP contribution in [0.15, 0.2) is 48.5 Å². The Labute approximate surface area is 159 Å². The lowest BCUT2D eigenvalue weighted by molar-refractivity contribution is 0.148. The number of anilines is 1. The summed E-state index contributed by atoms with van der Waals surface area (Å²) in [4.78, 5) is 16.6. The number of nitrogens with one attached hydrogen (secondary N) is 1. The Hall–Kier alpha value is -2.60. The van der Waals surface area contributed by atoms with Gasteiger partial charge in [-0.2, -0.15) is 0 Å². The highest BCUT2D eigenvalue weighted by molar-refractivity contribution is 5.91. The summed E-state index contributed by atoms with van der Waals surface area (Å²) in [6.07, 6.45) is 0.681. The van der Waals surface area contributed by atoms with Gasteiger partial charge in [0.05, 0.1) is 12.3 Å². The predicted molar refractivity (Wildman–Crippen MR) is 105 cm³/mol. The van der Waals surface area contributed by atoms with Gasteiger partial charge in [0.1, 0.15) is 11.6 Å². The van der Waals surface area contributed by atoms with E-state index in [1.54, 1.807) is 6.07 Å². The van der Waals surface area contributed by atoms with Crippen molar-refractivity contribution in [3.63, 3.8) is 0 Å². The highest BCUT2D eigenvalue weighted by Crippen LogP contribution is 2.24. The molecule has 0 aliphatic carbocycles. The van der Waals surface area contributed by atoms with Crippen molar-refractivity contribution in [2.24, 2.45) is 0 Å². The summed E-state index contributed by atoms with van der Waals surface area (Å²) in [5.41, 5.74) is 1.43. The van der Waals surface area contributed by atoms with Gasteiger partial charge in [-0.05, 0) is 37.1 Å². The van der Waals surface area contributed by atoms with Gasteiger partial charge in [0, 0.05) is 32.7 Å². The summed E-state index contributed by atoms with van der Waals surface area (Å²) in [5.74, 6) is 0.528. The number of para-hydroxylation sites is 2. The van der Waals surface area contributed by atoms with Crippen LogP contribution in [0.25, 0.3) is 0 Å². The van der Waals surface area contributed by atoms with Gasteiger partial charge in [0.2, 0.25) is 0 Å². The maximum absolute atomic E-state index is 13.7. The third kappa shape index (κ3) is 5.20. The van der Waals surface area contributed by atoms with Crippen LogP contribution in [-0.4, -0.2) is 55.2 Å². The fourth-order valence-electron chi connectivity index (χ4n) is 3.20. The van der Waals surface area contributed by atoms with Crippen LogP contribution < -0.4 is 10.1 Å². The molecular weight excluding hydrogens is 345 g/mol. The number of nitrogens with zero attached hydrogens (tertiary/aromatic N) is 2. The van der Waals surface area contributed by atoms with Gasteiger partial charge in [0.15, 0.2) is 0 Å². The van der Waals surface area contributed by atoms with Crippen LogP contribution in [0.5, 0.6) is 5.75 Å². The zero-order valence-electron chi connectivity index (χ0n) is 15.7. The molecule has 0 radical (unpaired) electrons. The second kappa shape index (κ2) is 9.37. The molecule has 0 atom stereocenters. The maximum Gasteiger partial charge on any atom is 0.322 e. The average Bonchev–Trinajstić information content (AvgIpc) is 2.69. The smallest absolute Gasteiger partial charge is 0.322 e. The van der Waals surface area contributed by atoms with Gasteiger partial charge in [0.25, 0.3) is 0 Å². The highest BCUT2D eigenvalue weighted by Gasteiger charge is 2.21. The molecule has 1 aliphatic rings. The van der Waals surface area contributed by atoms with Crippen molar-refractivity contribution in [1.82, 2.24) is 9.80 Å². The van der Waals surface area contributed by atoms with E-state index in [2.05, 4.69) is 10.2 Å². The van der Waals surface area contributed by atoms with E-state index in [0.29, 0.717) is 37.6 Å². The minimum Gasteiger partial charge on any atom is -0.492 e. The molecule has 5 nitrogen and oxygen atoms in total. The van der Waals surface area contributed by atoms with Crippen molar-refractivity contribution < 1.29 is 13.9 Å². The highest BCUT2D eigenvalue weighted by atomic mass is 19.1. The molecule has 2 amide bonds. The molecule has 1 aliphatic heterocycles. The number of benzene rings is 2. The quantitative estimate of drug-likeness (QED) is 0.844. The first kappa shape index (κ1) is 19.2. The van der Waals surface area contributed by atoms with E-state index in [4.69, 9.17) is 4.74 Å². The topological polar surface area (TPSA) is 44.8 Å². The zero-order valence-corrected chi connectivity index (χ0v) is 15.7. The van der Waals surface area contributed by atoms with Gasteiger partial charge in [-0.1, -0.05) is 30.3 Å². The third-order valence-corrected chi connectivity index (χ3v) is 4.74. The van der Waals surface area contributed by atoms with Gasteiger partial charge in [-0.15, -0.1) is 0 Å². The predicted octanol–water partition coefficient (Wildman–Crippen LogP) is 3.62. The first-order valence-electron chi connectivity index (χ1n) is 9.41. The molecule has 0 spiro atoms. The van der Waals surface area contributed by atoms with Crippen LogP contribution in [0, 0.1) is 5.82 Å². The molecule has 1 N–H and O–H groups in total. The Kier molecular flexibility index (Phi) is 6.65. The summed E-state index contributed by atoms with van der Waals surface area (Å²) in [6.45, 7) is 6.14. The molecule has 2 aromatic carbocycles. The lowest BCUT2D eigenvalue weighted by Crippen LogP contribution is -2.50. The lowest BCUT2D eigenvalue weighted by atomic mass is 10.1. The summed E-state index contributed by atoms with van der Waals surface area (Å²) in [7, 11) is 0. The van der Waals surface area contributed by atoms with Gasteiger partial charge < -0.3 is 15.0 Å². The second-order valence-electron chi connectivity index (χ2n) is 6.53. The molecule has 144 valence electrons. The molecule has 0 bridgehead atoms. The van der Waals surface area contributed by atoms with Crippen molar-refractivity contribution in [2.75, 3.05) is 44.6 Å². The molecule has 27 heavy (non-hydrogen) atoms. The molecule has 1 heterocycles. The van der Waals surface area contributed by atoms with Crippen LogP contribution in [0.2, 0.25) is 0 Å². The summed E-state index contributed by atoms with van der Waals surface area (Å²) < 4.78 is 19.3. The van der Waals surface area contributed by atoms with E-state index in [-0.39, 0.29) is 11.8 Å². The van der Waals surface area contributed by atoms with E-state index in [1.807, 2.05) is 48.2 Å². The number of urea groups is 1. The largest absolute Gasteiger partial charge is 0.492 e. The standard InChI is InChI=1S/C21H26FN3O2/c1-2-27-20-10-6-5-9-19(20)23-21(26)25-15-13-24(14-16-25)12-11-17-7-3-4-8-18(17)22/h3-10H,2,11-16H2,1H3,(H,23,26). The summed E-state index contributed by atoms with van der Waals surface area (Å²) in [6, 6.07) is 14.2. The molecule has 2 aromatic rings. The maximum atomic E-state index is 13.7. The van der Waals surface area contributed by atoms with Gasteiger partial charge in [-0.3, -0.25) is 4.90 Å². The van der Waals surface area contributed by atoms with Crippen LogP contribution in [0.1, 0.15) is 12.5 Å². The van der Waals surface area contributed by atoms with Crippen LogP contribution in [0.4, 0.5) is 14.9 Å². The average molecular weight is 371 g/mol. The van der Waals surface area contributed by atoms with Gasteiger partial charge in [-0.25, -0.2) is 9.18 Å². The molecule has 0 unspecified atom stereocenters. The van der Waals surface area contributed by atoms with Crippen molar-refractivity contribution in [1.29, 1.82) is 0 Å². The van der Waals surface area contributed by atoms with E-state index in [0.717, 1.165) is 25.2 Å². The number of carbonyl (C=O) groups excluding carboxylic acids is 1. The number of hydrogen-bond donors (Lipinski definition) is 1. The number of amides is 2. The summed E-state index contributed by atoms with van der Waals surface area (Å²) in [5, 5.41) is 2.94. The Morgan fingerprint density at radius 3 is 2.52 bits per heavy atom. The fraction of sp³-hybridized carbons (Fsp3) is 0.381. The lowest BCUT2D eigenvalue weighted by Gasteiger charge is -2.34. The number of ether oxygens (including phenoxy) is 1. The van der Waals surface area contributed by atoms with E-state index >= 15 is 0 Å². The Bertz CT molecular complexity index is 761. The number of piperazine rings is 1. The second-order valence-corrected chi connectivity index (χ2v) is 6.53. The minimum absolute atomic E-state index is 0.115. The molecule has 0 aromatic heterocycles. The van der Waals surface area contributed by atoms with E-state index in [9.17, 15) is 9.18 Å². The molecule has 1 fully saturated rings. The van der Waals surface area contributed by atoms with Crippen LogP contribution in [-0.2, 0) is 6.42 Å². The number of hydrogen-bond acceptors (Lipinski definition) is 3. The number of carbonyl (C=O) groups is 1. The SMILES string of the molecule is CCOc1ccccc1NC(=O)N1CCN(CCc2ccccc2F)CC1. The molecule has 3 rings (SSSR count). The first-order valence-corrected chi connectivity index (χ1v) is 9.41. The Balaban J connectivity index is 1.47. The van der Waals surface area contributed by atoms with E-state index < -0.39 is 0 Å². The number of halogens is 1. The van der Waals surface area contributed by atoms with Crippen molar-refractivity contribution >= 4 is 11.7 Å². The monoisotopic (exact) mass is 371 g/mol. The van der Waals surface area contributed by atoms with Crippen molar-refractivity contribution in [3.8, 4) is 5.75 Å². The Morgan fingerprint density at radius 2 is 1.78 bits per heavy atom. The van der Waals surface area contributed by atoms with Crippen LogP contribution >= 0.6 is 0 Å².